The van der Waals surface area contributed by atoms with Crippen LogP contribution in [-0.4, -0.2) is 29.2 Å². The molecule has 0 radical (unpaired) electrons. The van der Waals surface area contributed by atoms with Gasteiger partial charge in [0.15, 0.2) is 0 Å². The highest BCUT2D eigenvalue weighted by atomic mass is 35.5. The Kier molecular flexibility index (Phi) is 8.65. The molecule has 1 heterocycles. The van der Waals surface area contributed by atoms with Crippen LogP contribution in [0.4, 0.5) is 5.69 Å². The molecule has 0 spiro atoms. The quantitative estimate of drug-likeness (QED) is 0.321. The summed E-state index contributed by atoms with van der Waals surface area (Å²) in [6.07, 6.45) is 8.73. The predicted molar refractivity (Wildman–Crippen MR) is 123 cm³/mol. The second kappa shape index (κ2) is 11.7. The van der Waals surface area contributed by atoms with Crippen molar-refractivity contribution < 1.29 is 14.4 Å². The lowest BCUT2D eigenvalue weighted by atomic mass is 10.1. The molecule has 0 aromatic heterocycles. The summed E-state index contributed by atoms with van der Waals surface area (Å²) in [7, 11) is 0. The number of rotatable bonds is 12. The summed E-state index contributed by atoms with van der Waals surface area (Å²) in [6.45, 7) is 0.493. The zero-order valence-corrected chi connectivity index (χ0v) is 18.5. The maximum absolute atomic E-state index is 12.3. The average molecular weight is 441 g/mol. The van der Waals surface area contributed by atoms with Gasteiger partial charge in [0.25, 0.3) is 11.8 Å². The van der Waals surface area contributed by atoms with Crippen LogP contribution in [0.3, 0.4) is 0 Å². The molecule has 6 heteroatoms. The number of para-hydroxylation sites is 1. The Morgan fingerprint density at radius 3 is 1.87 bits per heavy atom. The Balaban J connectivity index is 1.19. The van der Waals surface area contributed by atoms with Gasteiger partial charge in [-0.25, -0.2) is 0 Å². The SMILES string of the molecule is O=C(CCCCCCCCCCN1C(=O)c2ccccc2C1=O)Nc1ccccc1Cl. The van der Waals surface area contributed by atoms with E-state index in [1.807, 2.05) is 12.1 Å². The van der Waals surface area contributed by atoms with E-state index in [1.54, 1.807) is 36.4 Å². The van der Waals surface area contributed by atoms with Gasteiger partial charge in [-0.05, 0) is 37.1 Å². The highest BCUT2D eigenvalue weighted by Crippen LogP contribution is 2.23. The molecule has 2 aromatic carbocycles. The fourth-order valence-electron chi connectivity index (χ4n) is 3.83. The summed E-state index contributed by atoms with van der Waals surface area (Å²) < 4.78 is 0. The molecular formula is C25H29ClN2O3. The number of amides is 3. The summed E-state index contributed by atoms with van der Waals surface area (Å²) in [5, 5.41) is 3.40. The summed E-state index contributed by atoms with van der Waals surface area (Å²) in [5.74, 6) is -0.334. The highest BCUT2D eigenvalue weighted by molar-refractivity contribution is 6.33. The molecule has 3 amide bonds. The second-order valence-corrected chi connectivity index (χ2v) is 8.32. The smallest absolute Gasteiger partial charge is 0.261 e. The van der Waals surface area contributed by atoms with Crippen molar-refractivity contribution in [2.75, 3.05) is 11.9 Å². The van der Waals surface area contributed by atoms with E-state index in [0.29, 0.717) is 34.8 Å². The van der Waals surface area contributed by atoms with Crippen LogP contribution < -0.4 is 5.32 Å². The molecule has 164 valence electrons. The fourth-order valence-corrected chi connectivity index (χ4v) is 4.02. The third kappa shape index (κ3) is 6.41. The number of carbonyl (C=O) groups excluding carboxylic acids is 3. The first kappa shape index (κ1) is 23.0. The van der Waals surface area contributed by atoms with Crippen molar-refractivity contribution in [3.8, 4) is 0 Å². The summed E-state index contributed by atoms with van der Waals surface area (Å²) >= 11 is 6.04. The van der Waals surface area contributed by atoms with Crippen LogP contribution in [0.2, 0.25) is 5.02 Å². The van der Waals surface area contributed by atoms with E-state index in [-0.39, 0.29) is 17.7 Å². The molecule has 0 bridgehead atoms. The third-order valence-corrected chi connectivity index (χ3v) is 5.89. The van der Waals surface area contributed by atoms with Gasteiger partial charge >= 0.3 is 0 Å². The largest absolute Gasteiger partial charge is 0.325 e. The number of benzene rings is 2. The van der Waals surface area contributed by atoms with Gasteiger partial charge in [0.2, 0.25) is 5.91 Å². The van der Waals surface area contributed by atoms with Crippen LogP contribution in [0, 0.1) is 0 Å². The summed E-state index contributed by atoms with van der Waals surface area (Å²) in [5.41, 5.74) is 1.71. The van der Waals surface area contributed by atoms with E-state index >= 15 is 0 Å². The number of nitrogens with one attached hydrogen (secondary N) is 1. The minimum Gasteiger partial charge on any atom is -0.325 e. The Bertz CT molecular complexity index is 893. The van der Waals surface area contributed by atoms with Crippen LogP contribution in [0.25, 0.3) is 0 Å². The Hall–Kier alpha value is -2.66. The number of halogens is 1. The normalized spacial score (nSPS) is 12.9. The summed E-state index contributed by atoms with van der Waals surface area (Å²) in [6, 6.07) is 14.3. The van der Waals surface area contributed by atoms with E-state index in [0.717, 1.165) is 51.4 Å². The number of nitrogens with zero attached hydrogens (tertiary/aromatic N) is 1. The molecule has 3 rings (SSSR count). The Labute approximate surface area is 188 Å². The Morgan fingerprint density at radius 1 is 0.742 bits per heavy atom. The Morgan fingerprint density at radius 2 is 1.26 bits per heavy atom. The lowest BCUT2D eigenvalue weighted by Gasteiger charge is -2.13. The monoisotopic (exact) mass is 440 g/mol. The van der Waals surface area contributed by atoms with Crippen molar-refractivity contribution >= 4 is 35.0 Å². The first-order valence-corrected chi connectivity index (χ1v) is 11.5. The first-order valence-electron chi connectivity index (χ1n) is 11.1. The van der Waals surface area contributed by atoms with Gasteiger partial charge in [0.05, 0.1) is 21.8 Å². The first-order chi connectivity index (χ1) is 15.1. The molecule has 0 saturated heterocycles. The van der Waals surface area contributed by atoms with Crippen LogP contribution >= 0.6 is 11.6 Å². The minimum atomic E-state index is -0.167. The van der Waals surface area contributed by atoms with Gasteiger partial charge in [-0.15, -0.1) is 0 Å². The van der Waals surface area contributed by atoms with Gasteiger partial charge in [0, 0.05) is 13.0 Å². The van der Waals surface area contributed by atoms with E-state index in [4.69, 9.17) is 11.6 Å². The molecule has 0 unspecified atom stereocenters. The molecular weight excluding hydrogens is 412 g/mol. The molecule has 0 fully saturated rings. The molecule has 0 aliphatic carbocycles. The molecule has 5 nitrogen and oxygen atoms in total. The maximum Gasteiger partial charge on any atom is 0.261 e. The van der Waals surface area contributed by atoms with Gasteiger partial charge in [0.1, 0.15) is 0 Å². The average Bonchev–Trinajstić information content (AvgIpc) is 3.01. The van der Waals surface area contributed by atoms with Crippen LogP contribution in [0.5, 0.6) is 0 Å². The van der Waals surface area contributed by atoms with Crippen molar-refractivity contribution in [2.45, 2.75) is 57.8 Å². The number of unbranched alkanes of at least 4 members (excludes halogenated alkanes) is 7. The van der Waals surface area contributed by atoms with Gasteiger partial charge in [-0.2, -0.15) is 0 Å². The molecule has 1 aliphatic heterocycles. The maximum atomic E-state index is 12.3. The summed E-state index contributed by atoms with van der Waals surface area (Å²) in [4.78, 5) is 38.0. The molecule has 0 saturated carbocycles. The lowest BCUT2D eigenvalue weighted by Crippen LogP contribution is -2.30. The zero-order chi connectivity index (χ0) is 22.1. The highest BCUT2D eigenvalue weighted by Gasteiger charge is 2.34. The standard InChI is InChI=1S/C25H29ClN2O3/c26-21-15-10-11-16-22(21)27-23(29)17-7-5-3-1-2-4-6-12-18-28-24(30)19-13-8-9-14-20(19)25(28)31/h8-11,13-16H,1-7,12,17-18H2,(H,27,29). The topological polar surface area (TPSA) is 66.5 Å². The van der Waals surface area contributed by atoms with Gasteiger partial charge in [-0.3, -0.25) is 19.3 Å². The van der Waals surface area contributed by atoms with Crippen molar-refractivity contribution in [3.05, 3.63) is 64.7 Å². The van der Waals surface area contributed by atoms with Crippen LogP contribution in [0.15, 0.2) is 48.5 Å². The van der Waals surface area contributed by atoms with E-state index in [1.165, 1.54) is 4.90 Å². The lowest BCUT2D eigenvalue weighted by molar-refractivity contribution is -0.116. The van der Waals surface area contributed by atoms with Crippen molar-refractivity contribution in [2.24, 2.45) is 0 Å². The van der Waals surface area contributed by atoms with Gasteiger partial charge in [-0.1, -0.05) is 74.4 Å². The number of carbonyl (C=O) groups is 3. The van der Waals surface area contributed by atoms with Crippen LogP contribution in [-0.2, 0) is 4.79 Å². The van der Waals surface area contributed by atoms with E-state index < -0.39 is 0 Å². The van der Waals surface area contributed by atoms with Crippen molar-refractivity contribution in [1.82, 2.24) is 4.90 Å². The molecule has 1 N–H and O–H groups in total. The van der Waals surface area contributed by atoms with E-state index in [9.17, 15) is 14.4 Å². The number of anilines is 1. The van der Waals surface area contributed by atoms with Crippen molar-refractivity contribution in [1.29, 1.82) is 0 Å². The van der Waals surface area contributed by atoms with Crippen molar-refractivity contribution in [3.63, 3.8) is 0 Å². The molecule has 2 aromatic rings. The van der Waals surface area contributed by atoms with Crippen LogP contribution in [0.1, 0.15) is 78.5 Å². The predicted octanol–water partition coefficient (Wildman–Crippen LogP) is 6.09. The second-order valence-electron chi connectivity index (χ2n) is 7.91. The minimum absolute atomic E-state index is 0.00116. The zero-order valence-electron chi connectivity index (χ0n) is 17.7. The van der Waals surface area contributed by atoms with Gasteiger partial charge < -0.3 is 5.32 Å². The number of imide groups is 1. The number of fused-ring (bicyclic) bond motifs is 1. The molecule has 0 atom stereocenters. The molecule has 1 aliphatic rings. The van der Waals surface area contributed by atoms with E-state index in [2.05, 4.69) is 5.32 Å². The number of hydrogen-bond donors (Lipinski definition) is 1. The molecule has 31 heavy (non-hydrogen) atoms. The number of hydrogen-bond acceptors (Lipinski definition) is 3. The third-order valence-electron chi connectivity index (χ3n) is 5.56. The fraction of sp³-hybridized carbons (Fsp3) is 0.400.